The van der Waals surface area contributed by atoms with Crippen LogP contribution in [0.25, 0.3) is 0 Å². The number of carbonyl (C=O) groups is 5. The summed E-state index contributed by atoms with van der Waals surface area (Å²) in [5.41, 5.74) is 1.56. The van der Waals surface area contributed by atoms with E-state index in [0.717, 1.165) is 74.5 Å². The molecule has 0 radical (unpaired) electrons. The van der Waals surface area contributed by atoms with Crippen molar-refractivity contribution < 1.29 is 208 Å². The molecule has 4 rings (SSSR count). The fourth-order valence-corrected chi connectivity index (χ4v) is 10.9. The first-order valence-electron chi connectivity index (χ1n) is 37.3. The molecule has 30 heteroatoms. The van der Waals surface area contributed by atoms with Crippen molar-refractivity contribution in [2.24, 2.45) is 28.1 Å². The van der Waals surface area contributed by atoms with Crippen molar-refractivity contribution in [3.8, 4) is 0 Å². The van der Waals surface area contributed by atoms with Crippen LogP contribution in [-0.4, -0.2) is 117 Å². The van der Waals surface area contributed by atoms with Crippen LogP contribution in [0.3, 0.4) is 0 Å². The molecule has 111 heavy (non-hydrogen) atoms. The number of benzene rings is 4. The van der Waals surface area contributed by atoms with Crippen molar-refractivity contribution in [2.75, 3.05) is 24.7 Å². The Bertz CT molecular complexity index is 3440. The van der Waals surface area contributed by atoms with E-state index in [2.05, 4.69) is 96.4 Å². The summed E-state index contributed by atoms with van der Waals surface area (Å²) in [5, 5.41) is 5.09. The fourth-order valence-electron chi connectivity index (χ4n) is 8.02. The first kappa shape index (κ1) is 125. The largest absolute Gasteiger partial charge is 1.00 e. The second kappa shape index (κ2) is 63.0. The van der Waals surface area contributed by atoms with Crippen LogP contribution in [0.1, 0.15) is 290 Å². The molecule has 5 atom stereocenters. The molecule has 0 bridgehead atoms. The van der Waals surface area contributed by atoms with Crippen LogP contribution in [0.4, 0.5) is 0 Å². The van der Waals surface area contributed by atoms with Gasteiger partial charge in [-0.25, -0.2) is 33.7 Å². The van der Waals surface area contributed by atoms with E-state index < -0.39 is 63.1 Å². The zero-order valence-electron chi connectivity index (χ0n) is 73.1. The van der Waals surface area contributed by atoms with Crippen LogP contribution in [0.5, 0.6) is 0 Å². The summed E-state index contributed by atoms with van der Waals surface area (Å²) in [4.78, 5) is 57.0. The normalized spacial score (nSPS) is 12.6. The van der Waals surface area contributed by atoms with Crippen LogP contribution >= 0.6 is 0 Å². The molecule has 0 aliphatic rings. The molecule has 0 aliphatic heterocycles. The predicted molar refractivity (Wildman–Crippen MR) is 424 cm³/mol. The molecule has 0 fully saturated rings. The van der Waals surface area contributed by atoms with E-state index in [1.54, 1.807) is 38.1 Å². The van der Waals surface area contributed by atoms with E-state index in [9.17, 15) is 75.9 Å². The van der Waals surface area contributed by atoms with Gasteiger partial charge >= 0.3 is 136 Å². The van der Waals surface area contributed by atoms with Gasteiger partial charge in [-0.2, -0.15) is 0 Å². The molecule has 5 unspecified atom stereocenters. The second-order valence-corrected chi connectivity index (χ2v) is 35.5. The van der Waals surface area contributed by atoms with Crippen molar-refractivity contribution in [1.29, 1.82) is 0 Å². The Kier molecular flexibility index (Phi) is 70.6. The number of esters is 3. The fraction of sp³-hybridized carbons (Fsp3) is 0.642. The number of carbonyl (C=O) groups excluding carboxylic acids is 5. The maximum Gasteiger partial charge on any atom is 1.00 e. The molecule has 0 aliphatic carbocycles. The number of nitrogens with one attached hydrogen (secondary N) is 2. The molecule has 0 heterocycles. The van der Waals surface area contributed by atoms with Gasteiger partial charge in [0, 0.05) is 22.9 Å². The summed E-state index contributed by atoms with van der Waals surface area (Å²) in [5.74, 6) is -0.803. The van der Waals surface area contributed by atoms with Crippen LogP contribution in [-0.2, 0) is 85.3 Å². The average Bonchev–Trinajstić information content (AvgIpc) is 0.867. The molecule has 4 aromatic rings. The van der Waals surface area contributed by atoms with Crippen molar-refractivity contribution in [1.82, 2.24) is 10.6 Å². The third-order valence-electron chi connectivity index (χ3n) is 17.8. The van der Waals surface area contributed by atoms with Gasteiger partial charge in [0.25, 0.3) is 0 Å². The van der Waals surface area contributed by atoms with Gasteiger partial charge in [0.05, 0.1) is 71.0 Å². The molecular formula is C81H134N2Na4O20S4. The molecular weight excluding hydrogens is 1540 g/mol. The van der Waals surface area contributed by atoms with Gasteiger partial charge in [0.1, 0.15) is 26.8 Å². The smallest absolute Gasteiger partial charge is 0.748 e. The van der Waals surface area contributed by atoms with Crippen molar-refractivity contribution in [3.05, 3.63) is 131 Å². The van der Waals surface area contributed by atoms with Crippen LogP contribution < -0.4 is 129 Å². The minimum Gasteiger partial charge on any atom is -0.748 e. The zero-order chi connectivity index (χ0) is 84.0. The number of amides is 2. The monoisotopic (exact) mass is 1670 g/mol. The Balaban J connectivity index is -0.000000182. The quantitative estimate of drug-likeness (QED) is 0.0212. The Labute approximate surface area is 760 Å². The summed E-state index contributed by atoms with van der Waals surface area (Å²) in [6.07, 6.45) is 11.1. The molecule has 22 nitrogen and oxygen atoms in total. The minimum atomic E-state index is -4.32. The Morgan fingerprint density at radius 3 is 0.847 bits per heavy atom. The molecule has 0 saturated heterocycles. The van der Waals surface area contributed by atoms with Gasteiger partial charge in [0.15, 0.2) is 0 Å². The Morgan fingerprint density at radius 2 is 0.622 bits per heavy atom. The number of hydrogen-bond donors (Lipinski definition) is 2. The van der Waals surface area contributed by atoms with E-state index in [1.165, 1.54) is 63.9 Å². The summed E-state index contributed by atoms with van der Waals surface area (Å²) >= 11 is 0. The van der Waals surface area contributed by atoms with E-state index in [4.69, 9.17) is 14.2 Å². The topological polar surface area (TPSA) is 366 Å². The Hall–Kier alpha value is -2.13. The maximum atomic E-state index is 11.6. The van der Waals surface area contributed by atoms with E-state index >= 15 is 0 Å². The van der Waals surface area contributed by atoms with Crippen molar-refractivity contribution >= 4 is 70.2 Å². The van der Waals surface area contributed by atoms with E-state index in [-0.39, 0.29) is 186 Å². The standard InChI is InChI=1S/C13H18O2.2C10H14O3S.2C10H20O2.C10H14.2C9H19NO4S.4Na/c1-4-13(2,3)12(14)15-10-11-8-6-5-7-9-11;2*1-3-8(2)9-4-6-10(7-5-9)14(11,12)13;2*1-5-7-8-12-9(11)10(3,4)6-2;1-3-9(2)10-7-5-4-6-8-10;2*1-5-7(2)8(11)10-9(3,4)6-15(12,13)14;;;;/h5-9H,4,10H2,1-3H3;2*4-8H,3H2,1-2H3,(H,11,12,13);2*5-8H2,1-4H3;4-9H,3H2,1-2H3;2*7H,5-6H2,1-4H3,(H,10,11)(H,12,13,14);;;;/q;;;;;;;;4*+1/p-4. The SMILES string of the molecule is CCC(C)(C)C(=O)OCc1ccccc1.CCC(C)C(=O)NC(C)(C)CS(=O)(=O)[O-].CCC(C)C(=O)NC(C)(C)CS(=O)(=O)[O-].CCC(C)c1ccc(S(=O)(=O)[O-])cc1.CCC(C)c1ccc(S(=O)(=O)[O-])cc1.CCC(C)c1ccccc1.CCCCOC(=O)C(C)(C)CC.CCCCOC(=O)C(C)(C)CC.[Na+].[Na+].[Na+].[Na+]. The van der Waals surface area contributed by atoms with Gasteiger partial charge < -0.3 is 43.1 Å². The van der Waals surface area contributed by atoms with Gasteiger partial charge in [-0.15, -0.1) is 0 Å². The Morgan fingerprint density at radius 1 is 0.369 bits per heavy atom. The number of hydrogen-bond acceptors (Lipinski definition) is 20. The van der Waals surface area contributed by atoms with Crippen molar-refractivity contribution in [3.63, 3.8) is 0 Å². The predicted octanol–water partition coefficient (Wildman–Crippen LogP) is 5.07. The van der Waals surface area contributed by atoms with Crippen molar-refractivity contribution in [2.45, 2.75) is 295 Å². The molecule has 0 saturated carbocycles. The average molecular weight is 1680 g/mol. The molecule has 2 N–H and O–H groups in total. The maximum absolute atomic E-state index is 11.6. The van der Waals surface area contributed by atoms with E-state index in [0.29, 0.717) is 50.4 Å². The van der Waals surface area contributed by atoms with Gasteiger partial charge in [0.2, 0.25) is 11.8 Å². The second-order valence-electron chi connectivity index (χ2n) is 29.9. The van der Waals surface area contributed by atoms with E-state index in [1.807, 2.05) is 106 Å². The molecule has 2 amide bonds. The molecule has 4 aromatic carbocycles. The summed E-state index contributed by atoms with van der Waals surface area (Å²) in [7, 11) is -17.3. The molecule has 0 aromatic heterocycles. The van der Waals surface area contributed by atoms with Crippen LogP contribution in [0.15, 0.2) is 119 Å². The molecule has 0 spiro atoms. The van der Waals surface area contributed by atoms with Gasteiger partial charge in [-0.05, 0) is 198 Å². The third-order valence-corrected chi connectivity index (χ3v) is 21.6. The first-order chi connectivity index (χ1) is 49.0. The van der Waals surface area contributed by atoms with Crippen LogP contribution in [0.2, 0.25) is 0 Å². The number of ether oxygens (including phenoxy) is 3. The number of rotatable bonds is 32. The third kappa shape index (κ3) is 61.8. The van der Waals surface area contributed by atoms with Gasteiger partial charge in [-0.1, -0.05) is 202 Å². The first-order valence-corrected chi connectivity index (χ1v) is 43.2. The summed E-state index contributed by atoms with van der Waals surface area (Å²) < 4.78 is 143. The minimum absolute atomic E-state index is 0. The van der Waals surface area contributed by atoms with Gasteiger partial charge in [-0.3, -0.25) is 24.0 Å². The molecule has 616 valence electrons. The van der Waals surface area contributed by atoms with Crippen LogP contribution in [0, 0.1) is 28.1 Å². The summed E-state index contributed by atoms with van der Waals surface area (Å²) in [6.45, 7) is 49.1. The number of unbranched alkanes of at least 4 members (excludes halogenated alkanes) is 2. The summed E-state index contributed by atoms with van der Waals surface area (Å²) in [6, 6.07) is 32.6. The zero-order valence-corrected chi connectivity index (χ0v) is 84.4.